The molecule has 3 nitrogen and oxygen atoms in total. The van der Waals surface area contributed by atoms with E-state index in [1.807, 2.05) is 57.4 Å². The van der Waals surface area contributed by atoms with Crippen LogP contribution in [0.15, 0.2) is 41.3 Å². The summed E-state index contributed by atoms with van der Waals surface area (Å²) in [4.78, 5) is 13.3. The number of carbonyl (C=O) groups is 1. The van der Waals surface area contributed by atoms with E-state index in [1.54, 1.807) is 17.8 Å². The van der Waals surface area contributed by atoms with Crippen LogP contribution in [0.4, 0.5) is 10.5 Å². The topological polar surface area (TPSA) is 38.3 Å². The van der Waals surface area contributed by atoms with E-state index in [2.05, 4.69) is 5.32 Å². The Balaban J connectivity index is 2.14. The second-order valence-electron chi connectivity index (χ2n) is 5.54. The number of thioether (sulfide) groups is 1. The summed E-state index contributed by atoms with van der Waals surface area (Å²) in [6, 6.07) is 11.3. The third kappa shape index (κ3) is 4.66. The van der Waals surface area contributed by atoms with E-state index in [4.69, 9.17) is 16.3 Å². The standard InChI is InChI=1S/C18H20ClNO2S/c1-11(2)15-10-16(19)12(3)9-17(15)22-18(21)20-13-5-7-14(23-4)8-6-13/h5-11H,1-4H3,(H,20,21). The van der Waals surface area contributed by atoms with Crippen LogP contribution < -0.4 is 10.1 Å². The van der Waals surface area contributed by atoms with E-state index in [-0.39, 0.29) is 5.92 Å². The minimum atomic E-state index is -0.509. The van der Waals surface area contributed by atoms with E-state index in [1.165, 1.54) is 0 Å². The van der Waals surface area contributed by atoms with Gasteiger partial charge in [-0.2, -0.15) is 0 Å². The van der Waals surface area contributed by atoms with E-state index in [9.17, 15) is 4.79 Å². The fourth-order valence-corrected chi connectivity index (χ4v) is 2.71. The molecule has 2 aromatic rings. The summed E-state index contributed by atoms with van der Waals surface area (Å²) in [5.74, 6) is 0.747. The molecule has 0 aliphatic heterocycles. The van der Waals surface area contributed by atoms with Crippen LogP contribution >= 0.6 is 23.4 Å². The van der Waals surface area contributed by atoms with Gasteiger partial charge in [-0.1, -0.05) is 25.4 Å². The molecule has 0 bridgehead atoms. The molecule has 0 aromatic heterocycles. The average Bonchev–Trinajstić information content (AvgIpc) is 2.51. The molecule has 0 fully saturated rings. The molecule has 23 heavy (non-hydrogen) atoms. The van der Waals surface area contributed by atoms with Crippen molar-refractivity contribution in [1.29, 1.82) is 0 Å². The average molecular weight is 350 g/mol. The van der Waals surface area contributed by atoms with Gasteiger partial charge in [0.1, 0.15) is 5.75 Å². The Labute approximate surface area is 146 Å². The number of carbonyl (C=O) groups excluding carboxylic acids is 1. The van der Waals surface area contributed by atoms with Gasteiger partial charge in [-0.25, -0.2) is 4.79 Å². The summed E-state index contributed by atoms with van der Waals surface area (Å²) in [5, 5.41) is 3.41. The molecule has 0 spiro atoms. The number of anilines is 1. The van der Waals surface area contributed by atoms with Gasteiger partial charge in [0.05, 0.1) is 0 Å². The predicted octanol–water partition coefficient (Wildman–Crippen LogP) is 6.10. The maximum Gasteiger partial charge on any atom is 0.417 e. The Morgan fingerprint density at radius 3 is 2.43 bits per heavy atom. The molecule has 0 saturated heterocycles. The molecule has 2 aromatic carbocycles. The van der Waals surface area contributed by atoms with Crippen LogP contribution in [0, 0.1) is 6.92 Å². The van der Waals surface area contributed by atoms with Crippen molar-refractivity contribution in [3.8, 4) is 5.75 Å². The van der Waals surface area contributed by atoms with Crippen LogP contribution in [-0.4, -0.2) is 12.3 Å². The van der Waals surface area contributed by atoms with Gasteiger partial charge in [0, 0.05) is 15.6 Å². The maximum absolute atomic E-state index is 12.1. The third-order valence-corrected chi connectivity index (χ3v) is 4.60. The molecule has 0 saturated carbocycles. The lowest BCUT2D eigenvalue weighted by molar-refractivity contribution is 0.214. The number of benzene rings is 2. The van der Waals surface area contributed by atoms with Crippen molar-refractivity contribution in [2.45, 2.75) is 31.6 Å². The molecule has 0 aliphatic carbocycles. The van der Waals surface area contributed by atoms with Crippen LogP contribution in [0.5, 0.6) is 5.75 Å². The van der Waals surface area contributed by atoms with Gasteiger partial charge < -0.3 is 4.74 Å². The van der Waals surface area contributed by atoms with Gasteiger partial charge in [-0.3, -0.25) is 5.32 Å². The molecule has 2 rings (SSSR count). The monoisotopic (exact) mass is 349 g/mol. The van der Waals surface area contributed by atoms with Gasteiger partial charge in [0.15, 0.2) is 0 Å². The molecule has 1 amide bonds. The molecule has 5 heteroatoms. The SMILES string of the molecule is CSc1ccc(NC(=O)Oc2cc(C)c(Cl)cc2C(C)C)cc1. The molecule has 0 heterocycles. The zero-order chi connectivity index (χ0) is 17.0. The number of amides is 1. The van der Waals surface area contributed by atoms with Crippen molar-refractivity contribution in [1.82, 2.24) is 0 Å². The van der Waals surface area contributed by atoms with Crippen molar-refractivity contribution < 1.29 is 9.53 Å². The second kappa shape index (κ2) is 7.75. The Bertz CT molecular complexity index is 699. The van der Waals surface area contributed by atoms with Crippen LogP contribution in [0.3, 0.4) is 0 Å². The summed E-state index contributed by atoms with van der Waals surface area (Å²) >= 11 is 7.82. The number of halogens is 1. The molecule has 0 aliphatic rings. The van der Waals surface area contributed by atoms with Crippen molar-refractivity contribution >= 4 is 35.1 Å². The number of aryl methyl sites for hydroxylation is 1. The van der Waals surface area contributed by atoms with Crippen molar-refractivity contribution in [3.05, 3.63) is 52.5 Å². The van der Waals surface area contributed by atoms with Crippen molar-refractivity contribution in [2.75, 3.05) is 11.6 Å². The van der Waals surface area contributed by atoms with Crippen LogP contribution in [0.1, 0.15) is 30.9 Å². The fraction of sp³-hybridized carbons (Fsp3) is 0.278. The summed E-state index contributed by atoms with van der Waals surface area (Å²) in [6.45, 7) is 5.96. The summed E-state index contributed by atoms with van der Waals surface area (Å²) in [6.07, 6.45) is 1.50. The normalized spacial score (nSPS) is 10.7. The van der Waals surface area contributed by atoms with Crippen molar-refractivity contribution in [3.63, 3.8) is 0 Å². The smallest absolute Gasteiger partial charge is 0.410 e. The Kier molecular flexibility index (Phi) is 5.97. The Hall–Kier alpha value is -1.65. The first-order valence-electron chi connectivity index (χ1n) is 7.33. The summed E-state index contributed by atoms with van der Waals surface area (Å²) < 4.78 is 5.49. The first-order chi connectivity index (χ1) is 10.9. The molecular weight excluding hydrogens is 330 g/mol. The highest BCUT2D eigenvalue weighted by Gasteiger charge is 2.14. The molecular formula is C18H20ClNO2S. The summed E-state index contributed by atoms with van der Waals surface area (Å²) in [5.41, 5.74) is 2.49. The van der Waals surface area contributed by atoms with E-state index in [0.29, 0.717) is 16.5 Å². The summed E-state index contributed by atoms with van der Waals surface area (Å²) in [7, 11) is 0. The number of hydrogen-bond donors (Lipinski definition) is 1. The van der Waals surface area contributed by atoms with E-state index >= 15 is 0 Å². The molecule has 1 N–H and O–H groups in total. The Morgan fingerprint density at radius 1 is 1.22 bits per heavy atom. The number of rotatable bonds is 4. The third-order valence-electron chi connectivity index (χ3n) is 3.45. The highest BCUT2D eigenvalue weighted by Crippen LogP contribution is 2.32. The highest BCUT2D eigenvalue weighted by molar-refractivity contribution is 7.98. The minimum absolute atomic E-state index is 0.205. The van der Waals surface area contributed by atoms with E-state index in [0.717, 1.165) is 16.0 Å². The van der Waals surface area contributed by atoms with Gasteiger partial charge in [0.25, 0.3) is 0 Å². The van der Waals surface area contributed by atoms with Gasteiger partial charge in [-0.05, 0) is 66.6 Å². The number of hydrogen-bond acceptors (Lipinski definition) is 3. The molecule has 0 radical (unpaired) electrons. The number of nitrogens with one attached hydrogen (secondary N) is 1. The first kappa shape index (κ1) is 17.7. The zero-order valence-corrected chi connectivity index (χ0v) is 15.2. The van der Waals surface area contributed by atoms with Crippen LogP contribution in [-0.2, 0) is 0 Å². The fourth-order valence-electron chi connectivity index (χ4n) is 2.13. The largest absolute Gasteiger partial charge is 0.417 e. The lowest BCUT2D eigenvalue weighted by atomic mass is 10.0. The van der Waals surface area contributed by atoms with Gasteiger partial charge in [0.2, 0.25) is 0 Å². The lowest BCUT2D eigenvalue weighted by Crippen LogP contribution is -2.17. The van der Waals surface area contributed by atoms with E-state index < -0.39 is 6.09 Å². The van der Waals surface area contributed by atoms with Gasteiger partial charge in [-0.15, -0.1) is 11.8 Å². The van der Waals surface area contributed by atoms with Crippen molar-refractivity contribution in [2.24, 2.45) is 0 Å². The molecule has 0 atom stereocenters. The lowest BCUT2D eigenvalue weighted by Gasteiger charge is -2.15. The maximum atomic E-state index is 12.1. The zero-order valence-electron chi connectivity index (χ0n) is 13.6. The number of ether oxygens (including phenoxy) is 1. The highest BCUT2D eigenvalue weighted by atomic mass is 35.5. The quantitative estimate of drug-likeness (QED) is 0.677. The predicted molar refractivity (Wildman–Crippen MR) is 98.1 cm³/mol. The van der Waals surface area contributed by atoms with Gasteiger partial charge >= 0.3 is 6.09 Å². The first-order valence-corrected chi connectivity index (χ1v) is 8.94. The minimum Gasteiger partial charge on any atom is -0.410 e. The Morgan fingerprint density at radius 2 is 1.87 bits per heavy atom. The van der Waals surface area contributed by atoms with Crippen LogP contribution in [0.2, 0.25) is 5.02 Å². The second-order valence-corrected chi connectivity index (χ2v) is 6.82. The van der Waals surface area contributed by atoms with Crippen LogP contribution in [0.25, 0.3) is 0 Å². The molecule has 0 unspecified atom stereocenters. The molecule has 122 valence electrons.